The fraction of sp³-hybridized carbons (Fsp3) is 0.400. The van der Waals surface area contributed by atoms with Crippen molar-refractivity contribution in [2.45, 2.75) is 19.0 Å². The smallest absolute Gasteiger partial charge is 0.314 e. The number of hydrogen-bond donors (Lipinski definition) is 3. The van der Waals surface area contributed by atoms with Crippen molar-refractivity contribution in [2.75, 3.05) is 39.5 Å². The average Bonchev–Trinajstić information content (AvgIpc) is 3.20. The van der Waals surface area contributed by atoms with E-state index in [2.05, 4.69) is 30.8 Å². The summed E-state index contributed by atoms with van der Waals surface area (Å²) >= 11 is 12.7. The van der Waals surface area contributed by atoms with Gasteiger partial charge in [-0.25, -0.2) is 9.97 Å². The van der Waals surface area contributed by atoms with Crippen molar-refractivity contribution in [3.8, 4) is 0 Å². The lowest BCUT2D eigenvalue weighted by Gasteiger charge is -2.22. The summed E-state index contributed by atoms with van der Waals surface area (Å²) in [5.74, 6) is -1.96. The highest BCUT2D eigenvalue weighted by molar-refractivity contribution is 7.81. The molecule has 1 aliphatic rings. The van der Waals surface area contributed by atoms with E-state index in [0.29, 0.717) is 15.0 Å². The van der Waals surface area contributed by atoms with Gasteiger partial charge in [0.2, 0.25) is 5.91 Å². The lowest BCUT2D eigenvalue weighted by molar-refractivity contribution is -0.136. The summed E-state index contributed by atoms with van der Waals surface area (Å²) in [6.07, 6.45) is 2.19. The van der Waals surface area contributed by atoms with Gasteiger partial charge >= 0.3 is 11.8 Å². The number of thiazole rings is 1. The first kappa shape index (κ1) is 25.0. The summed E-state index contributed by atoms with van der Waals surface area (Å²) in [4.78, 5) is 50.6. The number of likely N-dealkylation sites (N-methyl/N-ethyl adjacent to an activating group) is 2. The Bertz CT molecular complexity index is 1060. The number of hydrogen-bond acceptors (Lipinski definition) is 8. The van der Waals surface area contributed by atoms with Crippen LogP contribution < -0.4 is 16.0 Å². The van der Waals surface area contributed by atoms with Gasteiger partial charge in [-0.05, 0) is 19.2 Å². The van der Waals surface area contributed by atoms with Gasteiger partial charge in [0.25, 0.3) is 0 Å². The van der Waals surface area contributed by atoms with Crippen LogP contribution in [-0.4, -0.2) is 82.8 Å². The summed E-state index contributed by atoms with van der Waals surface area (Å²) in [6.45, 7) is 1.59. The number of rotatable bonds is 6. The fourth-order valence-electron chi connectivity index (χ4n) is 3.05. The highest BCUT2D eigenvalue weighted by atomic mass is 35.5. The van der Waals surface area contributed by atoms with E-state index in [0.717, 1.165) is 30.1 Å². The van der Waals surface area contributed by atoms with Crippen molar-refractivity contribution >= 4 is 63.7 Å². The van der Waals surface area contributed by atoms with E-state index in [-0.39, 0.29) is 18.3 Å². The number of pyridine rings is 1. The molecule has 1 unspecified atom stereocenters. The third-order valence-electron chi connectivity index (χ3n) is 4.80. The van der Waals surface area contributed by atoms with Gasteiger partial charge in [-0.1, -0.05) is 23.8 Å². The summed E-state index contributed by atoms with van der Waals surface area (Å²) in [7, 11) is 5.24. The van der Waals surface area contributed by atoms with Gasteiger partial charge in [-0.3, -0.25) is 14.4 Å². The Hall–Kier alpha value is -2.67. The number of carbonyl (C=O) groups excluding carboxylic acids is 3. The molecule has 0 aliphatic carbocycles. The second kappa shape index (κ2) is 11.0. The first-order chi connectivity index (χ1) is 15.6. The van der Waals surface area contributed by atoms with E-state index in [4.69, 9.17) is 23.8 Å². The highest BCUT2D eigenvalue weighted by Gasteiger charge is 2.26. The van der Waals surface area contributed by atoms with Crippen LogP contribution in [0.25, 0.3) is 0 Å². The maximum atomic E-state index is 12.7. The molecule has 176 valence electrons. The first-order valence-corrected chi connectivity index (χ1v) is 11.6. The van der Waals surface area contributed by atoms with E-state index < -0.39 is 17.9 Å². The van der Waals surface area contributed by atoms with Crippen LogP contribution in [0.5, 0.6) is 0 Å². The number of thiocarbonyl (C=S) groups is 1. The predicted octanol–water partition coefficient (Wildman–Crippen LogP) is 0.656. The van der Waals surface area contributed by atoms with Crippen LogP contribution >= 0.6 is 35.2 Å². The van der Waals surface area contributed by atoms with Crippen LogP contribution in [0.15, 0.2) is 18.3 Å². The highest BCUT2D eigenvalue weighted by Crippen LogP contribution is 2.24. The molecule has 13 heteroatoms. The van der Waals surface area contributed by atoms with Crippen LogP contribution in [0.3, 0.4) is 0 Å². The molecule has 0 aromatic carbocycles. The number of fused-ring (bicyclic) bond motifs is 1. The zero-order chi connectivity index (χ0) is 24.1. The van der Waals surface area contributed by atoms with E-state index in [1.807, 2.05) is 7.05 Å². The molecular weight excluding hydrogens is 486 g/mol. The maximum absolute atomic E-state index is 12.7. The van der Waals surface area contributed by atoms with Gasteiger partial charge in [-0.15, -0.1) is 11.3 Å². The quantitative estimate of drug-likeness (QED) is 0.384. The number of carbonyl (C=O) groups is 3. The minimum atomic E-state index is -0.917. The summed E-state index contributed by atoms with van der Waals surface area (Å²) in [6, 6.07) is 2.13. The number of aromatic nitrogens is 2. The maximum Gasteiger partial charge on any atom is 0.314 e. The molecule has 0 spiro atoms. The Morgan fingerprint density at radius 1 is 1.30 bits per heavy atom. The molecule has 0 saturated heterocycles. The second-order valence-corrected chi connectivity index (χ2v) is 9.59. The van der Waals surface area contributed by atoms with Crippen LogP contribution in [0.2, 0.25) is 5.02 Å². The van der Waals surface area contributed by atoms with Gasteiger partial charge in [0, 0.05) is 51.2 Å². The summed E-state index contributed by atoms with van der Waals surface area (Å²) in [5.41, 5.74) is 1.02. The molecule has 0 radical (unpaired) electrons. The molecule has 2 aromatic rings. The molecule has 3 N–H and O–H groups in total. The number of halogens is 1. The Morgan fingerprint density at radius 2 is 2.06 bits per heavy atom. The standard InChI is InChI=1S/C20H24ClN7O3S2/c1-27(2)20(31)13(9-23-16(29)17(30)26-15-5-4-11(21)8-22-15)24-18(32)19-25-12-6-7-28(3)10-14(12)33-19/h4-5,8,13H,6-7,9-10H2,1-3H3,(H,23,29)(H,24,32)(H,22,26,30). The Labute approximate surface area is 205 Å². The minimum absolute atomic E-state index is 0.148. The molecule has 0 saturated carbocycles. The number of amides is 3. The van der Waals surface area contributed by atoms with Crippen molar-refractivity contribution in [3.05, 3.63) is 38.9 Å². The molecular formula is C20H24ClN7O3S2. The summed E-state index contributed by atoms with van der Waals surface area (Å²) < 4.78 is 0. The van der Waals surface area contributed by atoms with E-state index in [9.17, 15) is 14.4 Å². The predicted molar refractivity (Wildman–Crippen MR) is 130 cm³/mol. The lowest BCUT2D eigenvalue weighted by Crippen LogP contribution is -2.53. The number of anilines is 1. The van der Waals surface area contributed by atoms with Crippen molar-refractivity contribution < 1.29 is 14.4 Å². The Morgan fingerprint density at radius 3 is 2.73 bits per heavy atom. The number of nitrogens with one attached hydrogen (secondary N) is 3. The molecule has 0 fully saturated rings. The lowest BCUT2D eigenvalue weighted by atomic mass is 10.2. The Kier molecular flexibility index (Phi) is 8.30. The average molecular weight is 510 g/mol. The van der Waals surface area contributed by atoms with Gasteiger partial charge in [-0.2, -0.15) is 0 Å². The van der Waals surface area contributed by atoms with Crippen molar-refractivity contribution in [3.63, 3.8) is 0 Å². The Balaban J connectivity index is 1.62. The second-order valence-electron chi connectivity index (χ2n) is 7.66. The molecule has 0 bridgehead atoms. The molecule has 1 atom stereocenters. The monoisotopic (exact) mass is 509 g/mol. The van der Waals surface area contributed by atoms with Crippen LogP contribution in [0.1, 0.15) is 15.6 Å². The van der Waals surface area contributed by atoms with E-state index >= 15 is 0 Å². The zero-order valence-electron chi connectivity index (χ0n) is 18.3. The van der Waals surface area contributed by atoms with Crippen molar-refractivity contribution in [1.82, 2.24) is 30.4 Å². The largest absolute Gasteiger partial charge is 0.361 e. The minimum Gasteiger partial charge on any atom is -0.361 e. The van der Waals surface area contributed by atoms with Gasteiger partial charge in [0.1, 0.15) is 16.8 Å². The van der Waals surface area contributed by atoms with Crippen LogP contribution in [0.4, 0.5) is 5.82 Å². The summed E-state index contributed by atoms with van der Waals surface area (Å²) in [5, 5.41) is 8.84. The third kappa shape index (κ3) is 6.67. The molecule has 1 aliphatic heterocycles. The van der Waals surface area contributed by atoms with Crippen molar-refractivity contribution in [1.29, 1.82) is 0 Å². The van der Waals surface area contributed by atoms with Crippen molar-refractivity contribution in [2.24, 2.45) is 0 Å². The van der Waals surface area contributed by atoms with Gasteiger partial charge in [0.05, 0.1) is 10.7 Å². The molecule has 33 heavy (non-hydrogen) atoms. The molecule has 2 aromatic heterocycles. The molecule has 3 rings (SSSR count). The van der Waals surface area contributed by atoms with E-state index in [1.165, 1.54) is 34.6 Å². The fourth-order valence-corrected chi connectivity index (χ4v) is 4.57. The number of nitrogens with zero attached hydrogens (tertiary/aromatic N) is 4. The third-order valence-corrected chi connectivity index (χ3v) is 6.57. The first-order valence-electron chi connectivity index (χ1n) is 10.0. The van der Waals surface area contributed by atoms with Crippen LogP contribution in [-0.2, 0) is 27.3 Å². The normalized spacial score (nSPS) is 14.1. The van der Waals surface area contributed by atoms with E-state index in [1.54, 1.807) is 14.1 Å². The van der Waals surface area contributed by atoms with Gasteiger partial charge in [0.15, 0.2) is 5.01 Å². The molecule has 10 nitrogen and oxygen atoms in total. The zero-order valence-corrected chi connectivity index (χ0v) is 20.7. The SMILES string of the molecule is CN1CCc2nc(C(=S)NC(CNC(=O)C(=O)Nc3ccc(Cl)cn3)C(=O)N(C)C)sc2C1. The van der Waals surface area contributed by atoms with Gasteiger partial charge < -0.3 is 25.8 Å². The molecule has 3 amide bonds. The topological polar surface area (TPSA) is 120 Å². The van der Waals surface area contributed by atoms with Crippen LogP contribution in [0, 0.1) is 0 Å². The molecule has 3 heterocycles.